The van der Waals surface area contributed by atoms with Crippen LogP contribution in [-0.4, -0.2) is 44.8 Å². The van der Waals surface area contributed by atoms with Gasteiger partial charge in [0.25, 0.3) is 5.91 Å². The summed E-state index contributed by atoms with van der Waals surface area (Å²) in [5.74, 6) is -1.00. The second-order valence-electron chi connectivity index (χ2n) is 7.43. The molecule has 1 amide bonds. The van der Waals surface area contributed by atoms with Gasteiger partial charge >= 0.3 is 5.97 Å². The Kier molecular flexibility index (Phi) is 4.61. The quantitative estimate of drug-likeness (QED) is 0.914. The predicted molar refractivity (Wildman–Crippen MR) is 98.5 cm³/mol. The van der Waals surface area contributed by atoms with Gasteiger partial charge in [0.2, 0.25) is 0 Å². The van der Waals surface area contributed by atoms with Crippen molar-refractivity contribution in [2.45, 2.75) is 34.1 Å². The van der Waals surface area contributed by atoms with Crippen LogP contribution in [-0.2, 0) is 4.79 Å². The van der Waals surface area contributed by atoms with Gasteiger partial charge < -0.3 is 10.0 Å². The smallest absolute Gasteiger partial charge is 0.311 e. The van der Waals surface area contributed by atoms with Gasteiger partial charge in [0.1, 0.15) is 0 Å². The molecule has 6 nitrogen and oxygen atoms in total. The van der Waals surface area contributed by atoms with Crippen molar-refractivity contribution in [3.8, 4) is 5.69 Å². The molecule has 0 spiro atoms. The summed E-state index contributed by atoms with van der Waals surface area (Å²) in [7, 11) is 0. The van der Waals surface area contributed by atoms with Gasteiger partial charge in [-0.25, -0.2) is 4.68 Å². The van der Waals surface area contributed by atoms with E-state index >= 15 is 0 Å². The lowest BCUT2D eigenvalue weighted by Gasteiger charge is -2.28. The summed E-state index contributed by atoms with van der Waals surface area (Å²) in [6.07, 6.45) is 2.07. The van der Waals surface area contributed by atoms with Crippen molar-refractivity contribution in [2.24, 2.45) is 11.3 Å². The van der Waals surface area contributed by atoms with Gasteiger partial charge in [0, 0.05) is 13.1 Å². The second-order valence-corrected chi connectivity index (χ2v) is 7.43. The van der Waals surface area contributed by atoms with Gasteiger partial charge in [-0.2, -0.15) is 5.10 Å². The van der Waals surface area contributed by atoms with Gasteiger partial charge in [0.15, 0.2) is 0 Å². The maximum absolute atomic E-state index is 13.0. The van der Waals surface area contributed by atoms with Crippen molar-refractivity contribution in [3.05, 3.63) is 47.3 Å². The zero-order chi connectivity index (χ0) is 19.1. The largest absolute Gasteiger partial charge is 0.481 e. The number of hydrogen-bond acceptors (Lipinski definition) is 3. The fraction of sp³-hybridized carbons (Fsp3) is 0.450. The van der Waals surface area contributed by atoms with Crippen molar-refractivity contribution < 1.29 is 14.7 Å². The first-order valence-electron chi connectivity index (χ1n) is 8.91. The highest BCUT2D eigenvalue weighted by molar-refractivity contribution is 5.96. The van der Waals surface area contributed by atoms with E-state index in [-0.39, 0.29) is 18.4 Å². The molecule has 1 N–H and O–H groups in total. The van der Waals surface area contributed by atoms with Crippen LogP contribution in [0.4, 0.5) is 0 Å². The highest BCUT2D eigenvalue weighted by atomic mass is 16.4. The number of carboxylic acid groups (broad SMARTS) is 1. The molecule has 1 fully saturated rings. The Morgan fingerprint density at radius 1 is 1.23 bits per heavy atom. The Hall–Kier alpha value is -2.63. The Bertz CT molecular complexity index is 856. The summed E-state index contributed by atoms with van der Waals surface area (Å²) < 4.78 is 1.77. The summed E-state index contributed by atoms with van der Waals surface area (Å²) in [5, 5.41) is 14.1. The number of aryl methyl sites for hydroxylation is 1. The van der Waals surface area contributed by atoms with Gasteiger partial charge in [-0.1, -0.05) is 32.0 Å². The molecule has 1 aromatic carbocycles. The van der Waals surface area contributed by atoms with Gasteiger partial charge in [-0.15, -0.1) is 0 Å². The molecule has 3 rings (SSSR count). The lowest BCUT2D eigenvalue weighted by molar-refractivity contribution is -0.150. The van der Waals surface area contributed by atoms with E-state index in [9.17, 15) is 14.7 Å². The number of amides is 1. The van der Waals surface area contributed by atoms with Crippen molar-refractivity contribution >= 4 is 11.9 Å². The molecule has 0 aliphatic carbocycles. The van der Waals surface area contributed by atoms with Crippen LogP contribution in [0.3, 0.4) is 0 Å². The molecule has 1 aromatic heterocycles. The topological polar surface area (TPSA) is 75.4 Å². The summed E-state index contributed by atoms with van der Waals surface area (Å²) in [6, 6.07) is 7.87. The molecule has 1 saturated heterocycles. The molecule has 1 atom stereocenters. The Morgan fingerprint density at radius 3 is 2.50 bits per heavy atom. The lowest BCUT2D eigenvalue weighted by atomic mass is 9.76. The van der Waals surface area contributed by atoms with Gasteiger partial charge in [0.05, 0.1) is 28.6 Å². The van der Waals surface area contributed by atoms with Crippen molar-refractivity contribution in [1.29, 1.82) is 0 Å². The third-order valence-corrected chi connectivity index (χ3v) is 5.70. The molecule has 138 valence electrons. The third kappa shape index (κ3) is 2.79. The molecule has 26 heavy (non-hydrogen) atoms. The Balaban J connectivity index is 1.89. The van der Waals surface area contributed by atoms with Crippen LogP contribution in [0.2, 0.25) is 0 Å². The average Bonchev–Trinajstić information content (AvgIpc) is 3.20. The summed E-state index contributed by atoms with van der Waals surface area (Å²) in [5.41, 5.74) is 2.44. The van der Waals surface area contributed by atoms with Crippen LogP contribution in [0.25, 0.3) is 5.69 Å². The number of para-hydroxylation sites is 1. The third-order valence-electron chi connectivity index (χ3n) is 5.70. The molecule has 6 heteroatoms. The average molecular weight is 355 g/mol. The highest BCUT2D eigenvalue weighted by Gasteiger charge is 2.48. The number of rotatable bonds is 4. The van der Waals surface area contributed by atoms with Crippen LogP contribution in [0.5, 0.6) is 0 Å². The number of carbonyl (C=O) groups excluding carboxylic acids is 1. The molecule has 0 saturated carbocycles. The first-order valence-corrected chi connectivity index (χ1v) is 8.91. The van der Waals surface area contributed by atoms with Crippen LogP contribution in [0.15, 0.2) is 30.5 Å². The van der Waals surface area contributed by atoms with Gasteiger partial charge in [-0.05, 0) is 37.8 Å². The van der Waals surface area contributed by atoms with E-state index in [4.69, 9.17) is 0 Å². The van der Waals surface area contributed by atoms with Crippen LogP contribution in [0.1, 0.15) is 41.9 Å². The van der Waals surface area contributed by atoms with E-state index in [1.807, 2.05) is 52.0 Å². The number of nitrogens with zero attached hydrogens (tertiary/aromatic N) is 3. The normalized spacial score (nSPS) is 20.0. The van der Waals surface area contributed by atoms with E-state index < -0.39 is 11.4 Å². The monoisotopic (exact) mass is 355 g/mol. The lowest BCUT2D eigenvalue weighted by Crippen LogP contribution is -2.40. The van der Waals surface area contributed by atoms with E-state index in [1.54, 1.807) is 15.8 Å². The minimum absolute atomic E-state index is 0.0337. The minimum atomic E-state index is -0.865. The Labute approximate surface area is 153 Å². The number of aromatic nitrogens is 2. The van der Waals surface area contributed by atoms with E-state index in [2.05, 4.69) is 5.10 Å². The first kappa shape index (κ1) is 18.2. The number of benzene rings is 1. The molecule has 2 aromatic rings. The fourth-order valence-electron chi connectivity index (χ4n) is 3.73. The SMILES string of the molecule is Cc1ccccc1-n1ncc(C(=O)N2CCC(C(=O)O)(C(C)C)C2)c1C. The Morgan fingerprint density at radius 2 is 1.92 bits per heavy atom. The molecule has 0 radical (unpaired) electrons. The number of carbonyl (C=O) groups is 2. The predicted octanol–water partition coefficient (Wildman–Crippen LogP) is 3.06. The standard InChI is InChI=1S/C20H25N3O3/c1-13(2)20(19(25)26)9-10-22(12-20)18(24)16-11-21-23(15(16)4)17-8-6-5-7-14(17)3/h5-8,11,13H,9-10,12H2,1-4H3,(H,25,26). The van der Waals surface area contributed by atoms with Crippen molar-refractivity contribution in [3.63, 3.8) is 0 Å². The van der Waals surface area contributed by atoms with Crippen LogP contribution < -0.4 is 0 Å². The molecular weight excluding hydrogens is 330 g/mol. The van der Waals surface area contributed by atoms with Crippen molar-refractivity contribution in [1.82, 2.24) is 14.7 Å². The molecule has 1 aliphatic rings. The van der Waals surface area contributed by atoms with E-state index in [0.29, 0.717) is 18.5 Å². The fourth-order valence-corrected chi connectivity index (χ4v) is 3.73. The van der Waals surface area contributed by atoms with Crippen LogP contribution in [0, 0.1) is 25.2 Å². The molecule has 0 bridgehead atoms. The summed E-state index contributed by atoms with van der Waals surface area (Å²) in [4.78, 5) is 26.5. The van der Waals surface area contributed by atoms with Crippen LogP contribution >= 0.6 is 0 Å². The van der Waals surface area contributed by atoms with E-state index in [0.717, 1.165) is 16.9 Å². The second kappa shape index (κ2) is 6.59. The van der Waals surface area contributed by atoms with E-state index in [1.165, 1.54) is 0 Å². The number of aliphatic carboxylic acids is 1. The number of hydrogen-bond donors (Lipinski definition) is 1. The highest BCUT2D eigenvalue weighted by Crippen LogP contribution is 2.38. The minimum Gasteiger partial charge on any atom is -0.481 e. The number of carboxylic acids is 1. The molecular formula is C20H25N3O3. The van der Waals surface area contributed by atoms with Crippen molar-refractivity contribution in [2.75, 3.05) is 13.1 Å². The van der Waals surface area contributed by atoms with Gasteiger partial charge in [-0.3, -0.25) is 9.59 Å². The maximum Gasteiger partial charge on any atom is 0.311 e. The zero-order valence-electron chi connectivity index (χ0n) is 15.7. The summed E-state index contributed by atoms with van der Waals surface area (Å²) >= 11 is 0. The first-order chi connectivity index (χ1) is 12.3. The number of likely N-dealkylation sites (tertiary alicyclic amines) is 1. The maximum atomic E-state index is 13.0. The molecule has 2 heterocycles. The molecule has 1 aliphatic heterocycles. The molecule has 1 unspecified atom stereocenters. The summed E-state index contributed by atoms with van der Waals surface area (Å²) in [6.45, 7) is 8.39. The zero-order valence-corrected chi connectivity index (χ0v) is 15.7.